The van der Waals surface area contributed by atoms with E-state index in [1.54, 1.807) is 0 Å². The van der Waals surface area contributed by atoms with E-state index in [0.717, 1.165) is 0 Å². The van der Waals surface area contributed by atoms with E-state index in [1.807, 2.05) is 0 Å². The Balaban J connectivity index is -0.00000000500. The molecule has 0 atom stereocenters. The first kappa shape index (κ1) is 23.5. The second-order valence-corrected chi connectivity index (χ2v) is 0. The summed E-state index contributed by atoms with van der Waals surface area (Å²) in [5.41, 5.74) is 0. The Hall–Kier alpha value is 0.579. The molecule has 0 aliphatic heterocycles. The van der Waals surface area contributed by atoms with Crippen LogP contribution in [0.4, 0.5) is 0 Å². The molecule has 0 aromatic carbocycles. The molecule has 0 spiro atoms. The van der Waals surface area contributed by atoms with Crippen molar-refractivity contribution < 1.29 is 27.1 Å². The van der Waals surface area contributed by atoms with Crippen LogP contribution >= 0.6 is 9.12 Å². The minimum atomic E-state index is 0. The van der Waals surface area contributed by atoms with Gasteiger partial charge in [-0.25, -0.2) is 0 Å². The molecular weight excluding hydrogens is 127 g/mol. The zero-order valence-electron chi connectivity index (χ0n) is 1.66. The van der Waals surface area contributed by atoms with Crippen LogP contribution in [0.1, 0.15) is 0 Å². The van der Waals surface area contributed by atoms with E-state index in [4.69, 9.17) is 4.57 Å². The second-order valence-electron chi connectivity index (χ2n) is 0. The normalized spacial score (nSPS) is 1.00. The van der Waals surface area contributed by atoms with Gasteiger partial charge < -0.3 is 5.48 Å². The Morgan fingerprint density at radius 1 is 1.25 bits per heavy atom. The quantitative estimate of drug-likeness (QED) is 0.332. The number of hydrogen-bond acceptors (Lipinski definition) is 1. The molecule has 0 saturated carbocycles. The van der Waals surface area contributed by atoms with E-state index in [0.29, 0.717) is 0 Å². The summed E-state index contributed by atoms with van der Waals surface area (Å²) in [5.74, 6) is 0. The van der Waals surface area contributed by atoms with E-state index in [9.17, 15) is 0 Å². The Bertz CT molecular complexity index is 6.00. The molecule has 2 nitrogen and oxygen atoms in total. The Morgan fingerprint density at radius 2 is 1.25 bits per heavy atom. The molecule has 0 saturated heterocycles. The summed E-state index contributed by atoms with van der Waals surface area (Å²) in [6.07, 6.45) is 0. The van der Waals surface area contributed by atoms with Crippen molar-refractivity contribution in [3.05, 3.63) is 0 Å². The summed E-state index contributed by atoms with van der Waals surface area (Å²) in [7, 11) is 2.28. The topological polar surface area (TPSA) is 48.6 Å². The van der Waals surface area contributed by atoms with Gasteiger partial charge in [0.25, 0.3) is 9.12 Å². The standard InChI is InChI=1S/Cu.OP.H2O/c;1-2;/h;;1H2. The number of hydrogen-bond donors (Lipinski definition) is 0. The first-order valence-corrected chi connectivity index (χ1v) is 0.548. The van der Waals surface area contributed by atoms with Gasteiger partial charge in [0, 0.05) is 17.1 Å². The molecule has 4 heavy (non-hydrogen) atoms. The van der Waals surface area contributed by atoms with Crippen LogP contribution < -0.4 is 0 Å². The molecular formula is H2CuO2P. The zero-order chi connectivity index (χ0) is 2.00. The van der Waals surface area contributed by atoms with Gasteiger partial charge in [-0.2, -0.15) is 0 Å². The third kappa shape index (κ3) is 19.2. The van der Waals surface area contributed by atoms with Crippen LogP contribution in [0.3, 0.4) is 0 Å². The smallest absolute Gasteiger partial charge is 0.261 e. The first-order chi connectivity index (χ1) is 1.00. The molecule has 0 unspecified atom stereocenters. The maximum atomic E-state index is 7.94. The van der Waals surface area contributed by atoms with Crippen LogP contribution in [0, 0.1) is 0 Å². The number of rotatable bonds is 0. The van der Waals surface area contributed by atoms with Crippen LogP contribution in [0.2, 0.25) is 0 Å². The van der Waals surface area contributed by atoms with Crippen molar-refractivity contribution in [2.75, 3.05) is 0 Å². The molecule has 2 N–H and O–H groups in total. The van der Waals surface area contributed by atoms with Crippen molar-refractivity contribution in [2.45, 2.75) is 0 Å². The predicted octanol–water partition coefficient (Wildman–Crippen LogP) is -0.0848. The van der Waals surface area contributed by atoms with Crippen LogP contribution in [-0.4, -0.2) is 5.48 Å². The molecule has 0 aliphatic carbocycles. The van der Waals surface area contributed by atoms with Crippen molar-refractivity contribution >= 4 is 9.12 Å². The summed E-state index contributed by atoms with van der Waals surface area (Å²) in [5, 5.41) is 0. The summed E-state index contributed by atoms with van der Waals surface area (Å²) in [6, 6.07) is 0. The molecule has 0 heterocycles. The van der Waals surface area contributed by atoms with Crippen LogP contribution in [0.25, 0.3) is 0 Å². The van der Waals surface area contributed by atoms with Gasteiger partial charge in [0.1, 0.15) is 0 Å². The Labute approximate surface area is 37.0 Å². The van der Waals surface area contributed by atoms with Crippen molar-refractivity contribution in [2.24, 2.45) is 0 Å². The average Bonchev–Trinajstić information content (AvgIpc) is 1.00. The fraction of sp³-hybridized carbons (Fsp3) is 0. The van der Waals surface area contributed by atoms with E-state index in [-0.39, 0.29) is 22.5 Å². The molecule has 0 rings (SSSR count). The SMILES string of the molecule is O.O=[P].[Cu]. The largest absolute Gasteiger partial charge is 0.412 e. The van der Waals surface area contributed by atoms with Crippen molar-refractivity contribution in [3.63, 3.8) is 0 Å². The molecule has 0 aromatic rings. The van der Waals surface area contributed by atoms with Crippen molar-refractivity contribution in [1.29, 1.82) is 0 Å². The van der Waals surface area contributed by atoms with E-state index < -0.39 is 0 Å². The van der Waals surface area contributed by atoms with Gasteiger partial charge in [0.05, 0.1) is 0 Å². The molecule has 0 aliphatic rings. The third-order valence-electron chi connectivity index (χ3n) is 0. The molecule has 0 amide bonds. The molecule has 30 valence electrons. The van der Waals surface area contributed by atoms with E-state index in [1.165, 1.54) is 0 Å². The molecule has 0 fully saturated rings. The van der Waals surface area contributed by atoms with Gasteiger partial charge in [-0.1, -0.05) is 0 Å². The van der Waals surface area contributed by atoms with Gasteiger partial charge in [0.15, 0.2) is 0 Å². The molecule has 0 bridgehead atoms. The zero-order valence-corrected chi connectivity index (χ0v) is 3.49. The molecule has 0 aromatic heterocycles. The van der Waals surface area contributed by atoms with Gasteiger partial charge in [-0.05, 0) is 0 Å². The molecule has 2 radical (unpaired) electrons. The van der Waals surface area contributed by atoms with Gasteiger partial charge in [-0.15, -0.1) is 0 Å². The minimum absolute atomic E-state index is 0. The Morgan fingerprint density at radius 3 is 1.25 bits per heavy atom. The van der Waals surface area contributed by atoms with Gasteiger partial charge in [0.2, 0.25) is 0 Å². The Kier molecular flexibility index (Phi) is 417. The van der Waals surface area contributed by atoms with Crippen molar-refractivity contribution in [1.82, 2.24) is 0 Å². The van der Waals surface area contributed by atoms with Gasteiger partial charge >= 0.3 is 0 Å². The summed E-state index contributed by atoms with van der Waals surface area (Å²) < 4.78 is 7.94. The van der Waals surface area contributed by atoms with E-state index >= 15 is 0 Å². The third-order valence-corrected chi connectivity index (χ3v) is 0. The predicted molar refractivity (Wildman–Crippen MR) is 11.2 cm³/mol. The fourth-order valence-electron chi connectivity index (χ4n) is 0. The summed E-state index contributed by atoms with van der Waals surface area (Å²) in [6.45, 7) is 0. The fourth-order valence-corrected chi connectivity index (χ4v) is 0. The van der Waals surface area contributed by atoms with E-state index in [2.05, 4.69) is 9.12 Å². The second kappa shape index (κ2) is 70.9. The van der Waals surface area contributed by atoms with Crippen LogP contribution in [-0.2, 0) is 21.6 Å². The van der Waals surface area contributed by atoms with Crippen molar-refractivity contribution in [3.8, 4) is 0 Å². The van der Waals surface area contributed by atoms with Crippen LogP contribution in [0.15, 0.2) is 0 Å². The average molecular weight is 129 g/mol. The monoisotopic (exact) mass is 128 g/mol. The van der Waals surface area contributed by atoms with Gasteiger partial charge in [-0.3, -0.25) is 4.57 Å². The summed E-state index contributed by atoms with van der Waals surface area (Å²) in [4.78, 5) is 0. The van der Waals surface area contributed by atoms with Crippen LogP contribution in [0.5, 0.6) is 0 Å². The summed E-state index contributed by atoms with van der Waals surface area (Å²) >= 11 is 0. The minimum Gasteiger partial charge on any atom is -0.412 e. The maximum absolute atomic E-state index is 7.94. The maximum Gasteiger partial charge on any atom is 0.261 e. The molecule has 4 heteroatoms. The first-order valence-electron chi connectivity index (χ1n) is 0.183.